The molecule has 0 aliphatic carbocycles. The van der Waals surface area contributed by atoms with Gasteiger partial charge in [-0.3, -0.25) is 9.47 Å². The average molecular weight is 370 g/mol. The van der Waals surface area contributed by atoms with Gasteiger partial charge in [0.1, 0.15) is 5.82 Å². The fourth-order valence-corrected chi connectivity index (χ4v) is 4.80. The Kier molecular flexibility index (Phi) is 5.34. The molecule has 0 spiro atoms. The number of hydrogen-bond acceptors (Lipinski definition) is 4. The summed E-state index contributed by atoms with van der Waals surface area (Å²) in [7, 11) is 1.76. The third-order valence-electron chi connectivity index (χ3n) is 6.27. The molecule has 0 N–H and O–H groups in total. The first-order valence-corrected chi connectivity index (χ1v) is 10.3. The summed E-state index contributed by atoms with van der Waals surface area (Å²) < 4.78 is 3.35. The van der Waals surface area contributed by atoms with E-state index in [0.717, 1.165) is 31.9 Å². The van der Waals surface area contributed by atoms with E-state index in [1.54, 1.807) is 7.05 Å². The van der Waals surface area contributed by atoms with Gasteiger partial charge in [-0.05, 0) is 51.3 Å². The van der Waals surface area contributed by atoms with Crippen molar-refractivity contribution in [1.82, 2.24) is 19.2 Å². The first-order valence-electron chi connectivity index (χ1n) is 10.3. The summed E-state index contributed by atoms with van der Waals surface area (Å²) >= 11 is 0. The Balaban J connectivity index is 1.41. The zero-order chi connectivity index (χ0) is 18.8. The van der Waals surface area contributed by atoms with Crippen LogP contribution in [0.15, 0.2) is 35.1 Å². The molecule has 0 bridgehead atoms. The van der Waals surface area contributed by atoms with Crippen LogP contribution in [0.5, 0.6) is 0 Å². The Morgan fingerprint density at radius 1 is 1.07 bits per heavy atom. The number of benzene rings is 1. The summed E-state index contributed by atoms with van der Waals surface area (Å²) in [6.45, 7) is 7.20. The van der Waals surface area contributed by atoms with Gasteiger partial charge in [-0.25, -0.2) is 9.48 Å². The highest BCUT2D eigenvalue weighted by Crippen LogP contribution is 2.30. The molecule has 4 rings (SSSR count). The Labute approximate surface area is 161 Å². The van der Waals surface area contributed by atoms with Crippen molar-refractivity contribution in [2.24, 2.45) is 7.05 Å². The van der Waals surface area contributed by atoms with Crippen LogP contribution in [0.3, 0.4) is 0 Å². The van der Waals surface area contributed by atoms with Crippen molar-refractivity contribution in [2.45, 2.75) is 51.1 Å². The van der Waals surface area contributed by atoms with Crippen LogP contribution in [-0.4, -0.2) is 51.5 Å². The number of aryl methyl sites for hydroxylation is 1. The van der Waals surface area contributed by atoms with Gasteiger partial charge in [0.25, 0.3) is 0 Å². The van der Waals surface area contributed by atoms with Gasteiger partial charge in [0.2, 0.25) is 0 Å². The second-order valence-corrected chi connectivity index (χ2v) is 7.90. The van der Waals surface area contributed by atoms with Crippen molar-refractivity contribution in [3.8, 4) is 0 Å². The number of piperidine rings is 2. The van der Waals surface area contributed by atoms with Crippen LogP contribution in [0.4, 0.5) is 5.69 Å². The number of nitrogens with zero attached hydrogens (tertiary/aromatic N) is 5. The lowest BCUT2D eigenvalue weighted by Gasteiger charge is -2.42. The highest BCUT2D eigenvalue weighted by atomic mass is 16.2. The van der Waals surface area contributed by atoms with Gasteiger partial charge in [-0.15, -0.1) is 0 Å². The molecule has 1 aromatic heterocycles. The number of aromatic nitrogens is 3. The summed E-state index contributed by atoms with van der Waals surface area (Å²) in [5.74, 6) is 1.36. The first kappa shape index (κ1) is 18.3. The van der Waals surface area contributed by atoms with Crippen LogP contribution in [0.1, 0.15) is 44.3 Å². The fraction of sp³-hybridized carbons (Fsp3) is 0.619. The van der Waals surface area contributed by atoms with E-state index in [4.69, 9.17) is 0 Å². The molecule has 6 nitrogen and oxygen atoms in total. The average Bonchev–Trinajstić information content (AvgIpc) is 3.03. The molecular formula is C21H31N5O. The largest absolute Gasteiger partial charge is 0.371 e. The minimum atomic E-state index is 0.0146. The fourth-order valence-electron chi connectivity index (χ4n) is 4.80. The quantitative estimate of drug-likeness (QED) is 0.831. The van der Waals surface area contributed by atoms with Crippen molar-refractivity contribution < 1.29 is 0 Å². The Hall–Kier alpha value is -2.08. The maximum Gasteiger partial charge on any atom is 0.345 e. The van der Waals surface area contributed by atoms with Gasteiger partial charge in [0, 0.05) is 50.9 Å². The van der Waals surface area contributed by atoms with Gasteiger partial charge in [-0.1, -0.05) is 18.2 Å². The van der Waals surface area contributed by atoms with Gasteiger partial charge < -0.3 is 4.90 Å². The molecule has 1 atom stereocenters. The van der Waals surface area contributed by atoms with Crippen molar-refractivity contribution in [2.75, 3.05) is 31.1 Å². The van der Waals surface area contributed by atoms with E-state index in [1.807, 2.05) is 11.5 Å². The van der Waals surface area contributed by atoms with Crippen molar-refractivity contribution in [3.63, 3.8) is 0 Å². The molecule has 146 valence electrons. The lowest BCUT2D eigenvalue weighted by Crippen LogP contribution is -2.48. The highest BCUT2D eigenvalue weighted by molar-refractivity contribution is 5.46. The number of likely N-dealkylation sites (tertiary alicyclic amines) is 1. The van der Waals surface area contributed by atoms with E-state index in [0.29, 0.717) is 18.5 Å². The van der Waals surface area contributed by atoms with Gasteiger partial charge in [0.05, 0.1) is 0 Å². The van der Waals surface area contributed by atoms with Crippen molar-refractivity contribution in [1.29, 1.82) is 0 Å². The summed E-state index contributed by atoms with van der Waals surface area (Å²) in [6.07, 6.45) is 4.75. The maximum absolute atomic E-state index is 12.3. The number of anilines is 1. The van der Waals surface area contributed by atoms with Crippen LogP contribution < -0.4 is 10.6 Å². The molecule has 2 saturated heterocycles. The van der Waals surface area contributed by atoms with E-state index in [2.05, 4.69) is 45.2 Å². The molecular weight excluding hydrogens is 338 g/mol. The predicted molar refractivity (Wildman–Crippen MR) is 108 cm³/mol. The zero-order valence-electron chi connectivity index (χ0n) is 16.5. The summed E-state index contributed by atoms with van der Waals surface area (Å²) in [4.78, 5) is 17.4. The molecule has 6 heteroatoms. The maximum atomic E-state index is 12.3. The topological polar surface area (TPSA) is 46.3 Å². The van der Waals surface area contributed by atoms with Gasteiger partial charge >= 0.3 is 5.69 Å². The zero-order valence-corrected chi connectivity index (χ0v) is 16.5. The normalized spacial score (nSPS) is 22.3. The minimum Gasteiger partial charge on any atom is -0.371 e. The van der Waals surface area contributed by atoms with Crippen molar-refractivity contribution >= 4 is 5.69 Å². The second-order valence-electron chi connectivity index (χ2n) is 7.90. The molecule has 3 heterocycles. The van der Waals surface area contributed by atoms with E-state index >= 15 is 0 Å². The van der Waals surface area contributed by atoms with Crippen molar-refractivity contribution in [3.05, 3.63) is 46.6 Å². The molecule has 27 heavy (non-hydrogen) atoms. The standard InChI is InChI=1S/C21H31N5O/c1-3-26-20(22-23(2)21(26)27)17-8-7-13-25(16-17)19-11-14-24(15-12-19)18-9-5-4-6-10-18/h4-6,9-10,17,19H,3,7-8,11-16H2,1-2H3. The SMILES string of the molecule is CCn1c(C2CCCN(C3CCN(c4ccccc4)CC3)C2)nn(C)c1=O. The van der Waals surface area contributed by atoms with E-state index < -0.39 is 0 Å². The van der Waals surface area contributed by atoms with Crippen LogP contribution >= 0.6 is 0 Å². The predicted octanol–water partition coefficient (Wildman–Crippen LogP) is 2.45. The number of para-hydroxylation sites is 1. The molecule has 2 aromatic rings. The second kappa shape index (κ2) is 7.89. The molecule has 0 saturated carbocycles. The molecule has 2 aliphatic rings. The molecule has 2 fully saturated rings. The third kappa shape index (κ3) is 3.68. The molecule has 1 aromatic carbocycles. The Bertz CT molecular complexity index is 804. The molecule has 0 radical (unpaired) electrons. The van der Waals surface area contributed by atoms with Gasteiger partial charge in [-0.2, -0.15) is 5.10 Å². The van der Waals surface area contributed by atoms with Gasteiger partial charge in [0.15, 0.2) is 0 Å². The summed E-state index contributed by atoms with van der Waals surface area (Å²) in [6, 6.07) is 11.4. The highest BCUT2D eigenvalue weighted by Gasteiger charge is 2.31. The van der Waals surface area contributed by atoms with E-state index in [-0.39, 0.29) is 5.69 Å². The Morgan fingerprint density at radius 3 is 2.52 bits per heavy atom. The number of hydrogen-bond donors (Lipinski definition) is 0. The molecule has 0 amide bonds. The summed E-state index contributed by atoms with van der Waals surface area (Å²) in [5.41, 5.74) is 1.36. The van der Waals surface area contributed by atoms with E-state index in [9.17, 15) is 4.79 Å². The van der Waals surface area contributed by atoms with Crippen LogP contribution in [-0.2, 0) is 13.6 Å². The molecule has 1 unspecified atom stereocenters. The summed E-state index contributed by atoms with van der Waals surface area (Å²) in [5, 5.41) is 4.57. The Morgan fingerprint density at radius 2 is 1.81 bits per heavy atom. The minimum absolute atomic E-state index is 0.0146. The van der Waals surface area contributed by atoms with Crippen LogP contribution in [0, 0.1) is 0 Å². The first-order chi connectivity index (χ1) is 13.2. The van der Waals surface area contributed by atoms with Crippen LogP contribution in [0.2, 0.25) is 0 Å². The molecule has 2 aliphatic heterocycles. The third-order valence-corrected chi connectivity index (χ3v) is 6.27. The number of rotatable bonds is 4. The lowest BCUT2D eigenvalue weighted by atomic mass is 9.93. The lowest BCUT2D eigenvalue weighted by molar-refractivity contribution is 0.125. The smallest absolute Gasteiger partial charge is 0.345 e. The monoisotopic (exact) mass is 369 g/mol. The van der Waals surface area contributed by atoms with Crippen LogP contribution in [0.25, 0.3) is 0 Å². The van der Waals surface area contributed by atoms with E-state index in [1.165, 1.54) is 36.2 Å².